The first-order valence-electron chi connectivity index (χ1n) is 9.08. The van der Waals surface area contributed by atoms with Crippen molar-refractivity contribution in [3.05, 3.63) is 64.7 Å². The molecule has 0 aromatic heterocycles. The summed E-state index contributed by atoms with van der Waals surface area (Å²) >= 11 is 0. The summed E-state index contributed by atoms with van der Waals surface area (Å²) in [5, 5.41) is 0. The van der Waals surface area contributed by atoms with Gasteiger partial charge in [-0.05, 0) is 59.7 Å². The maximum absolute atomic E-state index is 4.41. The minimum atomic E-state index is 0.938. The van der Waals surface area contributed by atoms with Crippen molar-refractivity contribution >= 4 is 17.1 Å². The summed E-state index contributed by atoms with van der Waals surface area (Å²) in [6.45, 7) is 11.0. The number of hydrogen-bond donors (Lipinski definition) is 0. The molecular formula is C22H26N2. The maximum atomic E-state index is 4.41. The van der Waals surface area contributed by atoms with Crippen molar-refractivity contribution in [2.45, 2.75) is 39.7 Å². The van der Waals surface area contributed by atoms with E-state index in [0.29, 0.717) is 0 Å². The summed E-state index contributed by atoms with van der Waals surface area (Å²) in [5.74, 6) is 0. The van der Waals surface area contributed by atoms with E-state index in [1.165, 1.54) is 39.2 Å². The number of aryl methyl sites for hydroxylation is 2. The third-order valence-electron chi connectivity index (χ3n) is 5.66. The molecule has 2 aliphatic heterocycles. The molecule has 0 fully saturated rings. The smallest absolute Gasteiger partial charge is 0.0488 e. The predicted molar refractivity (Wildman–Crippen MR) is 104 cm³/mol. The Morgan fingerprint density at radius 1 is 1.00 bits per heavy atom. The molecule has 0 N–H and O–H groups in total. The summed E-state index contributed by atoms with van der Waals surface area (Å²) in [5.41, 5.74) is 10.9. The molecule has 0 amide bonds. The number of hydrogen-bond acceptors (Lipinski definition) is 2. The van der Waals surface area contributed by atoms with E-state index in [1.807, 2.05) is 0 Å². The molecule has 2 heterocycles. The molecule has 0 radical (unpaired) electrons. The summed E-state index contributed by atoms with van der Waals surface area (Å²) in [7, 11) is 2.18. The van der Waals surface area contributed by atoms with Gasteiger partial charge in [0.25, 0.3) is 0 Å². The van der Waals surface area contributed by atoms with E-state index in [9.17, 15) is 0 Å². The number of rotatable bonds is 3. The van der Waals surface area contributed by atoms with Crippen LogP contribution in [-0.4, -0.2) is 13.6 Å². The van der Waals surface area contributed by atoms with Gasteiger partial charge in [-0.15, -0.1) is 0 Å². The molecule has 0 saturated heterocycles. The molecule has 2 heteroatoms. The Hall–Kier alpha value is -2.22. The van der Waals surface area contributed by atoms with Crippen LogP contribution in [0.15, 0.2) is 36.9 Å². The van der Waals surface area contributed by atoms with Crippen LogP contribution in [-0.2, 0) is 25.8 Å². The zero-order chi connectivity index (χ0) is 16.8. The van der Waals surface area contributed by atoms with Gasteiger partial charge in [0.1, 0.15) is 0 Å². The molecule has 2 aromatic rings. The Morgan fingerprint density at radius 2 is 1.75 bits per heavy atom. The molecule has 2 aromatic carbocycles. The third kappa shape index (κ3) is 2.24. The lowest BCUT2D eigenvalue weighted by molar-refractivity contribution is 0.955. The van der Waals surface area contributed by atoms with E-state index in [1.54, 1.807) is 0 Å². The van der Waals surface area contributed by atoms with Crippen LogP contribution < -0.4 is 9.80 Å². The number of anilines is 2. The molecule has 2 aliphatic rings. The van der Waals surface area contributed by atoms with E-state index in [0.717, 1.165) is 38.0 Å². The zero-order valence-corrected chi connectivity index (χ0v) is 15.0. The lowest BCUT2D eigenvalue weighted by atomic mass is 9.96. The second kappa shape index (κ2) is 5.70. The van der Waals surface area contributed by atoms with Gasteiger partial charge in [0.15, 0.2) is 0 Å². The average Bonchev–Trinajstić information content (AvgIpc) is 3.14. The van der Waals surface area contributed by atoms with E-state index >= 15 is 0 Å². The standard InChI is InChI=1S/C22H26N2/c1-5-16-11-19-14-24(15(3)21(19)12-17(16)6-2)20-8-7-18-9-10-23(4)22(18)13-20/h7-8,11-13H,3,5-6,9-10,14H2,1-2,4H3. The molecule has 4 rings (SSSR count). The van der Waals surface area contributed by atoms with E-state index < -0.39 is 0 Å². The topological polar surface area (TPSA) is 6.48 Å². The molecule has 124 valence electrons. The van der Waals surface area contributed by atoms with Crippen molar-refractivity contribution in [3.8, 4) is 0 Å². The third-order valence-corrected chi connectivity index (χ3v) is 5.66. The molecule has 0 bridgehead atoms. The molecule has 0 aliphatic carbocycles. The molecule has 0 spiro atoms. The van der Waals surface area contributed by atoms with Crippen LogP contribution in [0.2, 0.25) is 0 Å². The van der Waals surface area contributed by atoms with Crippen LogP contribution in [0.1, 0.15) is 41.7 Å². The highest BCUT2D eigenvalue weighted by atomic mass is 15.2. The lowest BCUT2D eigenvalue weighted by Gasteiger charge is -2.22. The quantitative estimate of drug-likeness (QED) is 0.802. The lowest BCUT2D eigenvalue weighted by Crippen LogP contribution is -2.15. The van der Waals surface area contributed by atoms with Crippen molar-refractivity contribution in [1.29, 1.82) is 0 Å². The first-order chi connectivity index (χ1) is 11.6. The Kier molecular flexibility index (Phi) is 3.64. The SMILES string of the molecule is C=C1c2cc(CC)c(CC)cc2CN1c1ccc2c(c1)N(C)CC2. The molecule has 0 saturated carbocycles. The van der Waals surface area contributed by atoms with E-state index in [2.05, 4.69) is 67.6 Å². The normalized spacial score (nSPS) is 15.9. The fourth-order valence-electron chi connectivity index (χ4n) is 4.15. The van der Waals surface area contributed by atoms with Crippen molar-refractivity contribution in [2.75, 3.05) is 23.4 Å². The zero-order valence-electron chi connectivity index (χ0n) is 15.0. The van der Waals surface area contributed by atoms with Crippen molar-refractivity contribution in [2.24, 2.45) is 0 Å². The highest BCUT2D eigenvalue weighted by Gasteiger charge is 2.26. The van der Waals surface area contributed by atoms with Crippen LogP contribution in [0.3, 0.4) is 0 Å². The Balaban J connectivity index is 1.72. The van der Waals surface area contributed by atoms with Crippen molar-refractivity contribution in [1.82, 2.24) is 0 Å². The summed E-state index contributed by atoms with van der Waals surface area (Å²) in [6.07, 6.45) is 3.35. The molecule has 2 nitrogen and oxygen atoms in total. The highest BCUT2D eigenvalue weighted by molar-refractivity contribution is 5.85. The van der Waals surface area contributed by atoms with Gasteiger partial charge < -0.3 is 9.80 Å². The summed E-state index contributed by atoms with van der Waals surface area (Å²) in [4.78, 5) is 4.73. The van der Waals surface area contributed by atoms with Gasteiger partial charge in [0.05, 0.1) is 0 Å². The molecule has 0 atom stereocenters. The minimum absolute atomic E-state index is 0.938. The monoisotopic (exact) mass is 318 g/mol. The van der Waals surface area contributed by atoms with Crippen LogP contribution in [0, 0.1) is 0 Å². The van der Waals surface area contributed by atoms with E-state index in [-0.39, 0.29) is 0 Å². The fraction of sp³-hybridized carbons (Fsp3) is 0.364. The van der Waals surface area contributed by atoms with Crippen molar-refractivity contribution in [3.63, 3.8) is 0 Å². The van der Waals surface area contributed by atoms with Gasteiger partial charge in [-0.1, -0.05) is 32.6 Å². The fourth-order valence-corrected chi connectivity index (χ4v) is 4.15. The largest absolute Gasteiger partial charge is 0.374 e. The van der Waals surface area contributed by atoms with Gasteiger partial charge in [-0.2, -0.15) is 0 Å². The number of fused-ring (bicyclic) bond motifs is 2. The Labute approximate surface area is 145 Å². The maximum Gasteiger partial charge on any atom is 0.0488 e. The number of likely N-dealkylation sites (N-methyl/N-ethyl adjacent to an activating group) is 1. The Morgan fingerprint density at radius 3 is 2.50 bits per heavy atom. The van der Waals surface area contributed by atoms with Gasteiger partial charge in [0, 0.05) is 42.8 Å². The van der Waals surface area contributed by atoms with Crippen LogP contribution in [0.25, 0.3) is 5.70 Å². The van der Waals surface area contributed by atoms with Crippen LogP contribution in [0.5, 0.6) is 0 Å². The molecular weight excluding hydrogens is 292 g/mol. The minimum Gasteiger partial charge on any atom is -0.374 e. The van der Waals surface area contributed by atoms with Gasteiger partial charge >= 0.3 is 0 Å². The van der Waals surface area contributed by atoms with Gasteiger partial charge in [-0.3, -0.25) is 0 Å². The second-order valence-corrected chi connectivity index (χ2v) is 7.00. The summed E-state index contributed by atoms with van der Waals surface area (Å²) < 4.78 is 0. The number of nitrogens with zero attached hydrogens (tertiary/aromatic N) is 2. The van der Waals surface area contributed by atoms with Crippen molar-refractivity contribution < 1.29 is 0 Å². The van der Waals surface area contributed by atoms with Gasteiger partial charge in [-0.25, -0.2) is 0 Å². The number of benzene rings is 2. The highest BCUT2D eigenvalue weighted by Crippen LogP contribution is 2.40. The van der Waals surface area contributed by atoms with Gasteiger partial charge in [0.2, 0.25) is 0 Å². The molecule has 24 heavy (non-hydrogen) atoms. The summed E-state index contributed by atoms with van der Waals surface area (Å²) in [6, 6.07) is 11.7. The van der Waals surface area contributed by atoms with Crippen LogP contribution in [0.4, 0.5) is 11.4 Å². The first-order valence-corrected chi connectivity index (χ1v) is 9.08. The first kappa shape index (κ1) is 15.3. The van der Waals surface area contributed by atoms with E-state index in [4.69, 9.17) is 0 Å². The van der Waals surface area contributed by atoms with Crippen LogP contribution >= 0.6 is 0 Å². The molecule has 0 unspecified atom stereocenters. The Bertz CT molecular complexity index is 819. The second-order valence-electron chi connectivity index (χ2n) is 7.00. The average molecular weight is 318 g/mol. The predicted octanol–water partition coefficient (Wildman–Crippen LogP) is 4.79.